The molecule has 2 aromatic heterocycles. The lowest BCUT2D eigenvalue weighted by Crippen LogP contribution is -2.04. The summed E-state index contributed by atoms with van der Waals surface area (Å²) in [5.74, 6) is 1.41. The first kappa shape index (κ1) is 35.0. The minimum Gasteiger partial charge on any atom is -0.308 e. The summed E-state index contributed by atoms with van der Waals surface area (Å²) in [6, 6.07) is 63.8. The fourth-order valence-electron chi connectivity index (χ4n) is 7.82. The Balaban J connectivity index is 1.28. The molecule has 0 bridgehead atoms. The van der Waals surface area contributed by atoms with Crippen LogP contribution in [-0.4, -0.2) is 19.5 Å². The Morgan fingerprint density at radius 2 is 0.793 bits per heavy atom. The molecule has 0 aliphatic carbocycles. The smallest absolute Gasteiger partial charge is 0.166 e. The molecule has 0 aliphatic rings. The molecule has 8 aromatic carbocycles. The number of nitrogens with zero attached hydrogens (tertiary/aromatic N) is 4. The molecular formula is C53H37FN4. The Hall–Kier alpha value is -7.50. The molecule has 5 heteroatoms. The van der Waals surface area contributed by atoms with Crippen molar-refractivity contribution < 1.29 is 4.39 Å². The Bertz CT molecular complexity index is 2950. The van der Waals surface area contributed by atoms with E-state index in [2.05, 4.69) is 115 Å². The van der Waals surface area contributed by atoms with Gasteiger partial charge in [0.2, 0.25) is 0 Å². The zero-order valence-electron chi connectivity index (χ0n) is 32.1. The lowest BCUT2D eigenvalue weighted by molar-refractivity contribution is 0.628. The molecule has 10 aromatic rings. The van der Waals surface area contributed by atoms with Gasteiger partial charge >= 0.3 is 0 Å². The van der Waals surface area contributed by atoms with Crippen LogP contribution in [0.2, 0.25) is 0 Å². The molecule has 2 heterocycles. The molecule has 276 valence electrons. The van der Waals surface area contributed by atoms with Crippen molar-refractivity contribution in [3.63, 3.8) is 0 Å². The van der Waals surface area contributed by atoms with Crippen LogP contribution in [-0.2, 0) is 0 Å². The van der Waals surface area contributed by atoms with Crippen LogP contribution >= 0.6 is 0 Å². The first-order valence-corrected chi connectivity index (χ1v) is 19.5. The summed E-state index contributed by atoms with van der Waals surface area (Å²) in [6.07, 6.45) is 0. The topological polar surface area (TPSA) is 43.6 Å². The summed E-state index contributed by atoms with van der Waals surface area (Å²) in [4.78, 5) is 15.3. The van der Waals surface area contributed by atoms with Gasteiger partial charge < -0.3 is 4.57 Å². The highest BCUT2D eigenvalue weighted by atomic mass is 19.1. The Labute approximate surface area is 336 Å². The van der Waals surface area contributed by atoms with E-state index < -0.39 is 0 Å². The molecule has 0 radical (unpaired) electrons. The van der Waals surface area contributed by atoms with Gasteiger partial charge in [-0.15, -0.1) is 0 Å². The van der Waals surface area contributed by atoms with Crippen LogP contribution in [0.25, 0.3) is 95.0 Å². The predicted molar refractivity (Wildman–Crippen MR) is 236 cm³/mol. The predicted octanol–water partition coefficient (Wildman–Crippen LogP) is 13.7. The summed E-state index contributed by atoms with van der Waals surface area (Å²) in [5, 5.41) is 2.24. The number of benzene rings is 8. The van der Waals surface area contributed by atoms with Crippen LogP contribution in [0, 0.1) is 19.7 Å². The molecule has 0 aliphatic heterocycles. The van der Waals surface area contributed by atoms with E-state index in [0.717, 1.165) is 77.6 Å². The largest absolute Gasteiger partial charge is 0.308 e. The van der Waals surface area contributed by atoms with E-state index in [0.29, 0.717) is 17.5 Å². The van der Waals surface area contributed by atoms with E-state index in [-0.39, 0.29) is 5.82 Å². The number of fused-ring (bicyclic) bond motifs is 3. The minimum atomic E-state index is -0.287. The number of aryl methyl sites for hydroxylation is 2. The number of aromatic nitrogens is 4. The van der Waals surface area contributed by atoms with Crippen molar-refractivity contribution in [2.24, 2.45) is 0 Å². The lowest BCUT2D eigenvalue weighted by atomic mass is 9.99. The highest BCUT2D eigenvalue weighted by Crippen LogP contribution is 2.41. The Morgan fingerprint density at radius 1 is 0.362 bits per heavy atom. The second-order valence-corrected chi connectivity index (χ2v) is 14.8. The summed E-state index contributed by atoms with van der Waals surface area (Å²) >= 11 is 0. The van der Waals surface area contributed by atoms with Crippen molar-refractivity contribution in [3.8, 4) is 73.2 Å². The molecule has 58 heavy (non-hydrogen) atoms. The molecule has 4 nitrogen and oxygen atoms in total. The summed E-state index contributed by atoms with van der Waals surface area (Å²) in [5.41, 5.74) is 14.2. The fourth-order valence-corrected chi connectivity index (χ4v) is 7.82. The minimum absolute atomic E-state index is 0.287. The zero-order chi connectivity index (χ0) is 39.2. The van der Waals surface area contributed by atoms with Gasteiger partial charge in [-0.05, 0) is 95.8 Å². The average Bonchev–Trinajstić information content (AvgIpc) is 3.60. The number of rotatable bonds is 7. The molecule has 0 N–H and O–H groups in total. The molecule has 0 amide bonds. The first-order valence-electron chi connectivity index (χ1n) is 19.5. The second-order valence-electron chi connectivity index (χ2n) is 14.8. The SMILES string of the molecule is Cc1ccc(-c2ccc3c(c2)c2cc(-c4ccc(C)cc4)ccc2n3-c2cc(-c3cccc(F)c3)ccc2-c2nc(-c3ccccc3)nc(-c3ccccc3)n2)cc1. The van der Waals surface area contributed by atoms with Crippen LogP contribution in [0.5, 0.6) is 0 Å². The molecule has 0 saturated carbocycles. The summed E-state index contributed by atoms with van der Waals surface area (Å²) in [7, 11) is 0. The van der Waals surface area contributed by atoms with E-state index in [1.807, 2.05) is 72.8 Å². The monoisotopic (exact) mass is 748 g/mol. The van der Waals surface area contributed by atoms with Gasteiger partial charge in [0.25, 0.3) is 0 Å². The van der Waals surface area contributed by atoms with Crippen LogP contribution in [0.4, 0.5) is 4.39 Å². The van der Waals surface area contributed by atoms with Gasteiger partial charge in [0, 0.05) is 27.5 Å². The molecule has 0 atom stereocenters. The van der Waals surface area contributed by atoms with Gasteiger partial charge in [-0.1, -0.05) is 151 Å². The van der Waals surface area contributed by atoms with Crippen molar-refractivity contribution >= 4 is 21.8 Å². The van der Waals surface area contributed by atoms with Crippen molar-refractivity contribution in [3.05, 3.63) is 205 Å². The molecule has 0 fully saturated rings. The lowest BCUT2D eigenvalue weighted by Gasteiger charge is -2.17. The number of hydrogen-bond donors (Lipinski definition) is 0. The summed E-state index contributed by atoms with van der Waals surface area (Å²) < 4.78 is 17.1. The van der Waals surface area contributed by atoms with Gasteiger partial charge in [-0.3, -0.25) is 0 Å². The maximum atomic E-state index is 14.8. The third-order valence-electron chi connectivity index (χ3n) is 10.9. The average molecular weight is 749 g/mol. The maximum Gasteiger partial charge on any atom is 0.166 e. The highest BCUT2D eigenvalue weighted by molar-refractivity contribution is 6.12. The molecule has 0 spiro atoms. The van der Waals surface area contributed by atoms with E-state index in [4.69, 9.17) is 15.0 Å². The molecule has 0 unspecified atom stereocenters. The van der Waals surface area contributed by atoms with Gasteiger partial charge in [-0.2, -0.15) is 0 Å². The standard InChI is InChI=1S/C53H37FN4/c1-34-16-20-36(21-17-34)41-25-28-48-46(31-41)47-32-42(37-22-18-35(2)19-23-37)26-29-49(47)58(48)50-33-43(40-14-9-15-44(54)30-40)24-27-45(50)53-56-51(38-10-5-3-6-11-38)55-52(57-53)39-12-7-4-8-13-39/h3-33H,1-2H3. The first-order chi connectivity index (χ1) is 28.4. The zero-order valence-corrected chi connectivity index (χ0v) is 32.1. The fraction of sp³-hybridized carbons (Fsp3) is 0.0377. The molecule has 0 saturated heterocycles. The van der Waals surface area contributed by atoms with E-state index in [1.165, 1.54) is 17.2 Å². The van der Waals surface area contributed by atoms with Crippen molar-refractivity contribution in [1.82, 2.24) is 19.5 Å². The van der Waals surface area contributed by atoms with Gasteiger partial charge in [0.05, 0.1) is 16.7 Å². The third kappa shape index (κ3) is 6.53. The van der Waals surface area contributed by atoms with Crippen molar-refractivity contribution in [1.29, 1.82) is 0 Å². The van der Waals surface area contributed by atoms with Crippen molar-refractivity contribution in [2.75, 3.05) is 0 Å². The van der Waals surface area contributed by atoms with E-state index in [1.54, 1.807) is 12.1 Å². The van der Waals surface area contributed by atoms with Crippen LogP contribution in [0.3, 0.4) is 0 Å². The van der Waals surface area contributed by atoms with Gasteiger partial charge in [0.1, 0.15) is 5.82 Å². The summed E-state index contributed by atoms with van der Waals surface area (Å²) in [6.45, 7) is 4.22. The van der Waals surface area contributed by atoms with E-state index in [9.17, 15) is 4.39 Å². The third-order valence-corrected chi connectivity index (χ3v) is 10.9. The molecule has 10 rings (SSSR count). The van der Waals surface area contributed by atoms with Crippen LogP contribution < -0.4 is 0 Å². The van der Waals surface area contributed by atoms with Crippen LogP contribution in [0.1, 0.15) is 11.1 Å². The maximum absolute atomic E-state index is 14.8. The second kappa shape index (κ2) is 14.5. The molecular weight excluding hydrogens is 712 g/mol. The highest BCUT2D eigenvalue weighted by Gasteiger charge is 2.21. The quantitative estimate of drug-likeness (QED) is 0.163. The number of hydrogen-bond acceptors (Lipinski definition) is 3. The van der Waals surface area contributed by atoms with Gasteiger partial charge in [0.15, 0.2) is 17.5 Å². The Kier molecular flexibility index (Phi) is 8.76. The van der Waals surface area contributed by atoms with Crippen LogP contribution in [0.15, 0.2) is 188 Å². The van der Waals surface area contributed by atoms with Gasteiger partial charge in [-0.25, -0.2) is 19.3 Å². The van der Waals surface area contributed by atoms with Crippen molar-refractivity contribution in [2.45, 2.75) is 13.8 Å². The number of halogens is 1. The Morgan fingerprint density at radius 3 is 1.31 bits per heavy atom. The van der Waals surface area contributed by atoms with E-state index >= 15 is 0 Å². The normalized spacial score (nSPS) is 11.4.